The van der Waals surface area contributed by atoms with Crippen LogP contribution in [0.2, 0.25) is 0 Å². The van der Waals surface area contributed by atoms with Crippen molar-refractivity contribution >= 4 is 12.2 Å². The van der Waals surface area contributed by atoms with Crippen molar-refractivity contribution in [3.8, 4) is 0 Å². The monoisotopic (exact) mass is 418 g/mol. The van der Waals surface area contributed by atoms with E-state index in [0.717, 1.165) is 37.6 Å². The molecule has 2 heterocycles. The fraction of sp³-hybridized carbons (Fsp3) is 0.429. The SMILES string of the molecule is C=Cc1ccc(C(C)C2(COCC3(C(C)c4ccc(C=C)cc4)COC3)COC2)cc1. The molecule has 2 aliphatic rings. The highest BCUT2D eigenvalue weighted by Crippen LogP contribution is 2.45. The van der Waals surface area contributed by atoms with Crippen LogP contribution in [0.1, 0.15) is 47.9 Å². The molecule has 0 aliphatic carbocycles. The first-order valence-electron chi connectivity index (χ1n) is 11.2. The third kappa shape index (κ3) is 4.27. The van der Waals surface area contributed by atoms with Crippen LogP contribution in [0.5, 0.6) is 0 Å². The Kier molecular flexibility index (Phi) is 6.47. The van der Waals surface area contributed by atoms with Gasteiger partial charge in [0.25, 0.3) is 0 Å². The average molecular weight is 419 g/mol. The Bertz CT molecular complexity index is 813. The number of ether oxygens (including phenoxy) is 3. The van der Waals surface area contributed by atoms with E-state index in [1.165, 1.54) is 11.1 Å². The quantitative estimate of drug-likeness (QED) is 0.479. The van der Waals surface area contributed by atoms with Gasteiger partial charge in [0, 0.05) is 10.8 Å². The molecule has 0 aromatic heterocycles. The number of hydrogen-bond acceptors (Lipinski definition) is 3. The molecule has 2 saturated heterocycles. The fourth-order valence-corrected chi connectivity index (χ4v) is 4.65. The Hall–Kier alpha value is -2.20. The highest BCUT2D eigenvalue weighted by molar-refractivity contribution is 5.48. The molecule has 31 heavy (non-hydrogen) atoms. The molecule has 2 atom stereocenters. The second-order valence-corrected chi connectivity index (χ2v) is 9.39. The van der Waals surface area contributed by atoms with Crippen LogP contribution in [-0.4, -0.2) is 39.6 Å². The van der Waals surface area contributed by atoms with Gasteiger partial charge in [0.1, 0.15) is 0 Å². The van der Waals surface area contributed by atoms with Gasteiger partial charge in [-0.3, -0.25) is 0 Å². The average Bonchev–Trinajstić information content (AvgIpc) is 2.76. The van der Waals surface area contributed by atoms with Crippen LogP contribution in [0.4, 0.5) is 0 Å². The lowest BCUT2D eigenvalue weighted by molar-refractivity contribution is -0.196. The second kappa shape index (κ2) is 9.12. The van der Waals surface area contributed by atoms with Gasteiger partial charge in [-0.1, -0.05) is 87.7 Å². The van der Waals surface area contributed by atoms with Crippen molar-refractivity contribution in [3.05, 3.63) is 83.9 Å². The van der Waals surface area contributed by atoms with E-state index in [9.17, 15) is 0 Å². The van der Waals surface area contributed by atoms with Crippen molar-refractivity contribution in [2.24, 2.45) is 10.8 Å². The molecular weight excluding hydrogens is 384 g/mol. The van der Waals surface area contributed by atoms with Crippen molar-refractivity contribution in [1.29, 1.82) is 0 Å². The summed E-state index contributed by atoms with van der Waals surface area (Å²) < 4.78 is 17.7. The predicted molar refractivity (Wildman–Crippen MR) is 127 cm³/mol. The van der Waals surface area contributed by atoms with Gasteiger partial charge in [0.2, 0.25) is 0 Å². The minimum atomic E-state index is 0.0380. The molecule has 0 saturated carbocycles. The summed E-state index contributed by atoms with van der Waals surface area (Å²) in [4.78, 5) is 0. The van der Waals surface area contributed by atoms with E-state index in [-0.39, 0.29) is 10.8 Å². The Morgan fingerprint density at radius 2 is 1.10 bits per heavy atom. The first kappa shape index (κ1) is 22.0. The van der Waals surface area contributed by atoms with Crippen LogP contribution in [0.25, 0.3) is 12.2 Å². The first-order valence-corrected chi connectivity index (χ1v) is 11.2. The Morgan fingerprint density at radius 1 is 0.742 bits per heavy atom. The van der Waals surface area contributed by atoms with Crippen LogP contribution in [0.3, 0.4) is 0 Å². The Labute approximate surface area is 186 Å². The summed E-state index contributed by atoms with van der Waals surface area (Å²) in [6.45, 7) is 16.7. The number of rotatable bonds is 10. The van der Waals surface area contributed by atoms with Gasteiger partial charge in [-0.25, -0.2) is 0 Å². The zero-order valence-electron chi connectivity index (χ0n) is 18.8. The van der Waals surface area contributed by atoms with E-state index in [1.807, 2.05) is 12.2 Å². The van der Waals surface area contributed by atoms with Crippen LogP contribution < -0.4 is 0 Å². The smallest absolute Gasteiger partial charge is 0.0572 e. The maximum Gasteiger partial charge on any atom is 0.0572 e. The topological polar surface area (TPSA) is 27.7 Å². The van der Waals surface area contributed by atoms with Gasteiger partial charge in [-0.15, -0.1) is 0 Å². The minimum absolute atomic E-state index is 0.0380. The largest absolute Gasteiger partial charge is 0.380 e. The molecule has 0 amide bonds. The standard InChI is InChI=1S/C28H34O3/c1-5-23-7-11-25(12-8-23)21(3)27(15-29-16-27)19-31-20-28(17-30-18-28)22(4)26-13-9-24(6-2)10-14-26/h5-14,21-22H,1-2,15-20H2,3-4H3. The van der Waals surface area contributed by atoms with E-state index in [4.69, 9.17) is 14.2 Å². The van der Waals surface area contributed by atoms with Gasteiger partial charge in [0.05, 0.1) is 39.6 Å². The summed E-state index contributed by atoms with van der Waals surface area (Å²) in [6.07, 6.45) is 3.76. The molecule has 0 radical (unpaired) electrons. The molecule has 4 rings (SSSR count). The molecule has 0 N–H and O–H groups in total. The van der Waals surface area contributed by atoms with Gasteiger partial charge in [0.15, 0.2) is 0 Å². The number of hydrogen-bond donors (Lipinski definition) is 0. The molecule has 2 fully saturated rings. The molecule has 3 heteroatoms. The summed E-state index contributed by atoms with van der Waals surface area (Å²) in [5.74, 6) is 0.746. The summed E-state index contributed by atoms with van der Waals surface area (Å²) >= 11 is 0. The van der Waals surface area contributed by atoms with Crippen molar-refractivity contribution in [2.75, 3.05) is 39.6 Å². The minimum Gasteiger partial charge on any atom is -0.380 e. The van der Waals surface area contributed by atoms with E-state index in [2.05, 4.69) is 75.5 Å². The highest BCUT2D eigenvalue weighted by atomic mass is 16.5. The molecule has 2 aromatic rings. The van der Waals surface area contributed by atoms with Crippen molar-refractivity contribution in [2.45, 2.75) is 25.7 Å². The van der Waals surface area contributed by atoms with Gasteiger partial charge >= 0.3 is 0 Å². The maximum atomic E-state index is 6.43. The molecule has 0 spiro atoms. The van der Waals surface area contributed by atoms with Crippen LogP contribution in [0, 0.1) is 10.8 Å². The van der Waals surface area contributed by atoms with Gasteiger partial charge in [-0.2, -0.15) is 0 Å². The summed E-state index contributed by atoms with van der Waals surface area (Å²) in [5, 5.41) is 0. The molecule has 164 valence electrons. The number of benzene rings is 2. The van der Waals surface area contributed by atoms with Crippen LogP contribution in [-0.2, 0) is 14.2 Å². The van der Waals surface area contributed by atoms with E-state index in [0.29, 0.717) is 25.0 Å². The maximum absolute atomic E-state index is 6.43. The van der Waals surface area contributed by atoms with E-state index in [1.54, 1.807) is 0 Å². The molecule has 0 bridgehead atoms. The molecule has 2 unspecified atom stereocenters. The normalized spacial score (nSPS) is 20.7. The molecular formula is C28H34O3. The van der Waals surface area contributed by atoms with Crippen LogP contribution >= 0.6 is 0 Å². The van der Waals surface area contributed by atoms with Gasteiger partial charge < -0.3 is 14.2 Å². The lowest BCUT2D eigenvalue weighted by atomic mass is 9.70. The molecule has 3 nitrogen and oxygen atoms in total. The summed E-state index contributed by atoms with van der Waals surface area (Å²) in [6, 6.07) is 17.4. The Balaban J connectivity index is 1.40. The van der Waals surface area contributed by atoms with E-state index >= 15 is 0 Å². The second-order valence-electron chi connectivity index (χ2n) is 9.39. The Morgan fingerprint density at radius 3 is 1.35 bits per heavy atom. The predicted octanol–water partition coefficient (Wildman–Crippen LogP) is 5.93. The van der Waals surface area contributed by atoms with Crippen molar-refractivity contribution < 1.29 is 14.2 Å². The van der Waals surface area contributed by atoms with Gasteiger partial charge in [-0.05, 0) is 34.1 Å². The van der Waals surface area contributed by atoms with Crippen molar-refractivity contribution in [3.63, 3.8) is 0 Å². The zero-order valence-corrected chi connectivity index (χ0v) is 18.8. The third-order valence-corrected chi connectivity index (χ3v) is 7.52. The lowest BCUT2D eigenvalue weighted by Gasteiger charge is -2.49. The summed E-state index contributed by atoms with van der Waals surface area (Å²) in [7, 11) is 0. The molecule has 2 aliphatic heterocycles. The summed E-state index contributed by atoms with van der Waals surface area (Å²) in [5.41, 5.74) is 5.03. The van der Waals surface area contributed by atoms with Crippen molar-refractivity contribution in [1.82, 2.24) is 0 Å². The highest BCUT2D eigenvalue weighted by Gasteiger charge is 2.48. The zero-order chi connectivity index (χ0) is 21.9. The van der Waals surface area contributed by atoms with Crippen LogP contribution in [0.15, 0.2) is 61.7 Å². The third-order valence-electron chi connectivity index (χ3n) is 7.52. The lowest BCUT2D eigenvalue weighted by Crippen LogP contribution is -2.53. The fourth-order valence-electron chi connectivity index (χ4n) is 4.65. The molecule has 2 aromatic carbocycles. The van der Waals surface area contributed by atoms with E-state index < -0.39 is 0 Å². The first-order chi connectivity index (χ1) is 15.0.